The Kier molecular flexibility index (Phi) is 4.97. The topological polar surface area (TPSA) is 58.2 Å². The van der Waals surface area contributed by atoms with Crippen LogP contribution in [0.3, 0.4) is 0 Å². The number of amides is 1. The molecule has 2 aromatic rings. The van der Waals surface area contributed by atoms with Gasteiger partial charge in [0.25, 0.3) is 0 Å². The number of ether oxygens (including phenoxy) is 1. The van der Waals surface area contributed by atoms with E-state index >= 15 is 0 Å². The van der Waals surface area contributed by atoms with Crippen molar-refractivity contribution in [3.63, 3.8) is 0 Å². The van der Waals surface area contributed by atoms with E-state index in [2.05, 4.69) is 32.8 Å². The molecule has 1 atom stereocenters. The Morgan fingerprint density at radius 1 is 1.36 bits per heavy atom. The molecule has 1 amide bonds. The second-order valence-corrected chi connectivity index (χ2v) is 6.54. The summed E-state index contributed by atoms with van der Waals surface area (Å²) in [4.78, 5) is 14.3. The van der Waals surface area contributed by atoms with Crippen molar-refractivity contribution in [2.45, 2.75) is 31.9 Å². The highest BCUT2D eigenvalue weighted by molar-refractivity contribution is 14.1. The van der Waals surface area contributed by atoms with E-state index in [1.165, 1.54) is 0 Å². The number of hydrogen-bond acceptors (Lipinski definition) is 3. The Morgan fingerprint density at radius 3 is 2.91 bits per heavy atom. The van der Waals surface area contributed by atoms with Crippen molar-refractivity contribution in [3.05, 3.63) is 51.4 Å². The van der Waals surface area contributed by atoms with Crippen LogP contribution in [0, 0.1) is 3.57 Å². The van der Waals surface area contributed by atoms with Gasteiger partial charge in [0.05, 0.1) is 21.5 Å². The molecule has 0 aliphatic carbocycles. The van der Waals surface area contributed by atoms with Crippen LogP contribution in [-0.2, 0) is 11.3 Å². The van der Waals surface area contributed by atoms with Gasteiger partial charge in [0, 0.05) is 6.54 Å². The van der Waals surface area contributed by atoms with Gasteiger partial charge in [-0.05, 0) is 47.4 Å². The number of carbonyl (C=O) groups excluding carboxylic acids is 1. The molecule has 0 radical (unpaired) electrons. The highest BCUT2D eigenvalue weighted by Gasteiger charge is 2.31. The lowest BCUT2D eigenvalue weighted by molar-refractivity contribution is 0.0667. The van der Waals surface area contributed by atoms with Crippen LogP contribution >= 0.6 is 22.6 Å². The minimum Gasteiger partial charge on any atom is -0.445 e. The first-order chi connectivity index (χ1) is 10.8. The van der Waals surface area contributed by atoms with Gasteiger partial charge in [-0.25, -0.2) is 4.79 Å². The molecule has 1 N–H and O–H groups in total. The Morgan fingerprint density at radius 2 is 2.18 bits per heavy atom. The van der Waals surface area contributed by atoms with Gasteiger partial charge in [-0.3, -0.25) is 10.00 Å². The Bertz CT molecular complexity index is 629. The van der Waals surface area contributed by atoms with Crippen molar-refractivity contribution in [2.75, 3.05) is 6.54 Å². The number of benzene rings is 1. The molecule has 1 aromatic heterocycles. The number of likely N-dealkylation sites (tertiary alicyclic amines) is 1. The largest absolute Gasteiger partial charge is 0.445 e. The van der Waals surface area contributed by atoms with Crippen molar-refractivity contribution in [2.24, 2.45) is 0 Å². The lowest BCUT2D eigenvalue weighted by Gasteiger charge is -2.34. The maximum atomic E-state index is 12.5. The molecule has 0 spiro atoms. The lowest BCUT2D eigenvalue weighted by atomic mass is 10.00. The molecule has 1 aliphatic rings. The van der Waals surface area contributed by atoms with Crippen LogP contribution in [-0.4, -0.2) is 27.7 Å². The van der Waals surface area contributed by atoms with Crippen LogP contribution in [0.25, 0.3) is 0 Å². The predicted molar refractivity (Wildman–Crippen MR) is 91.2 cm³/mol. The number of aromatic amines is 1. The Hall–Kier alpha value is -1.57. The van der Waals surface area contributed by atoms with Crippen molar-refractivity contribution in [1.82, 2.24) is 15.1 Å². The van der Waals surface area contributed by atoms with Crippen LogP contribution in [0.4, 0.5) is 4.79 Å². The van der Waals surface area contributed by atoms with E-state index in [-0.39, 0.29) is 12.1 Å². The third kappa shape index (κ3) is 3.43. The lowest BCUT2D eigenvalue weighted by Crippen LogP contribution is -2.39. The van der Waals surface area contributed by atoms with Crippen LogP contribution in [0.15, 0.2) is 36.5 Å². The molecule has 0 bridgehead atoms. The summed E-state index contributed by atoms with van der Waals surface area (Å²) in [7, 11) is 0. The van der Waals surface area contributed by atoms with Crippen molar-refractivity contribution in [1.29, 1.82) is 0 Å². The number of hydrogen-bond donors (Lipinski definition) is 1. The normalized spacial score (nSPS) is 18.2. The van der Waals surface area contributed by atoms with E-state index in [1.807, 2.05) is 35.2 Å². The molecular weight excluding hydrogens is 393 g/mol. The van der Waals surface area contributed by atoms with E-state index in [0.717, 1.165) is 40.6 Å². The first kappa shape index (κ1) is 15.3. The first-order valence-electron chi connectivity index (χ1n) is 7.42. The minimum atomic E-state index is -0.251. The molecule has 1 aliphatic heterocycles. The number of nitrogens with one attached hydrogen (secondary N) is 1. The van der Waals surface area contributed by atoms with Gasteiger partial charge in [-0.1, -0.05) is 30.3 Å². The third-order valence-corrected chi connectivity index (χ3v) is 4.76. The average Bonchev–Trinajstić information content (AvgIpc) is 2.99. The standard InChI is InChI=1S/C16H18IN3O2/c17-13-10-18-19-15(13)14-8-4-5-9-20(14)16(21)22-11-12-6-2-1-3-7-12/h1-3,6-7,10,14H,4-5,8-9,11H2,(H,18,19). The number of piperidine rings is 1. The van der Waals surface area contributed by atoms with E-state index < -0.39 is 0 Å². The highest BCUT2D eigenvalue weighted by Crippen LogP contribution is 2.32. The van der Waals surface area contributed by atoms with Gasteiger partial charge in [0.15, 0.2) is 0 Å². The summed E-state index contributed by atoms with van der Waals surface area (Å²) >= 11 is 2.25. The second-order valence-electron chi connectivity index (χ2n) is 5.38. The smallest absolute Gasteiger partial charge is 0.410 e. The van der Waals surface area contributed by atoms with Gasteiger partial charge in [-0.2, -0.15) is 5.10 Å². The zero-order valence-electron chi connectivity index (χ0n) is 12.2. The molecule has 2 heterocycles. The summed E-state index contributed by atoms with van der Waals surface area (Å²) in [6, 6.07) is 9.79. The zero-order chi connectivity index (χ0) is 15.4. The number of H-pyrrole nitrogens is 1. The van der Waals surface area contributed by atoms with Crippen LogP contribution in [0.1, 0.15) is 36.6 Å². The molecular formula is C16H18IN3O2. The number of nitrogens with zero attached hydrogens (tertiary/aromatic N) is 2. The summed E-state index contributed by atoms with van der Waals surface area (Å²) in [5.74, 6) is 0. The molecule has 1 saturated heterocycles. The second kappa shape index (κ2) is 7.13. The molecule has 6 heteroatoms. The minimum absolute atomic E-state index is 0.0337. The number of halogens is 1. The van der Waals surface area contributed by atoms with Gasteiger partial charge in [0.2, 0.25) is 0 Å². The third-order valence-electron chi connectivity index (χ3n) is 3.90. The molecule has 0 saturated carbocycles. The van der Waals surface area contributed by atoms with E-state index in [9.17, 15) is 4.79 Å². The summed E-state index contributed by atoms with van der Waals surface area (Å²) in [5.41, 5.74) is 2.01. The highest BCUT2D eigenvalue weighted by atomic mass is 127. The summed E-state index contributed by atoms with van der Waals surface area (Å²) in [6.07, 6.45) is 4.61. The molecule has 22 heavy (non-hydrogen) atoms. The van der Waals surface area contributed by atoms with E-state index in [4.69, 9.17) is 4.74 Å². The average molecular weight is 411 g/mol. The zero-order valence-corrected chi connectivity index (χ0v) is 14.3. The van der Waals surface area contributed by atoms with Gasteiger partial charge in [-0.15, -0.1) is 0 Å². The number of rotatable bonds is 3. The molecule has 116 valence electrons. The van der Waals surface area contributed by atoms with Crippen molar-refractivity contribution < 1.29 is 9.53 Å². The molecule has 1 aromatic carbocycles. The monoisotopic (exact) mass is 411 g/mol. The summed E-state index contributed by atoms with van der Waals surface area (Å²) in [6.45, 7) is 1.04. The maximum Gasteiger partial charge on any atom is 0.410 e. The fraction of sp³-hybridized carbons (Fsp3) is 0.375. The van der Waals surface area contributed by atoms with Gasteiger partial charge in [0.1, 0.15) is 6.61 Å². The summed E-state index contributed by atoms with van der Waals surface area (Å²) < 4.78 is 6.55. The number of carbonyl (C=O) groups is 1. The van der Waals surface area contributed by atoms with Crippen LogP contribution < -0.4 is 0 Å². The summed E-state index contributed by atoms with van der Waals surface area (Å²) in [5, 5.41) is 7.10. The van der Waals surface area contributed by atoms with Crippen LogP contribution in [0.5, 0.6) is 0 Å². The van der Waals surface area contributed by atoms with Crippen molar-refractivity contribution >= 4 is 28.7 Å². The van der Waals surface area contributed by atoms with E-state index in [0.29, 0.717) is 6.61 Å². The fourth-order valence-corrected chi connectivity index (χ4v) is 3.39. The quantitative estimate of drug-likeness (QED) is 0.781. The Balaban J connectivity index is 1.68. The Labute approximate surface area is 143 Å². The van der Waals surface area contributed by atoms with Crippen molar-refractivity contribution in [3.8, 4) is 0 Å². The predicted octanol–water partition coefficient (Wildman–Crippen LogP) is 3.88. The number of aromatic nitrogens is 2. The molecule has 1 fully saturated rings. The fourth-order valence-electron chi connectivity index (χ4n) is 2.77. The molecule has 1 unspecified atom stereocenters. The molecule has 5 nitrogen and oxygen atoms in total. The van der Waals surface area contributed by atoms with Crippen LogP contribution in [0.2, 0.25) is 0 Å². The first-order valence-corrected chi connectivity index (χ1v) is 8.49. The maximum absolute atomic E-state index is 12.5. The SMILES string of the molecule is O=C(OCc1ccccc1)N1CCCCC1c1[nH]ncc1I. The van der Waals surface area contributed by atoms with E-state index in [1.54, 1.807) is 6.20 Å². The van der Waals surface area contributed by atoms with Gasteiger partial charge >= 0.3 is 6.09 Å². The molecule has 3 rings (SSSR count). The van der Waals surface area contributed by atoms with Gasteiger partial charge < -0.3 is 4.74 Å².